The van der Waals surface area contributed by atoms with Gasteiger partial charge in [0.1, 0.15) is 0 Å². The molecule has 4 nitrogen and oxygen atoms in total. The van der Waals surface area contributed by atoms with Gasteiger partial charge in [-0.15, -0.1) is 0 Å². The van der Waals surface area contributed by atoms with Crippen LogP contribution in [0.1, 0.15) is 6.92 Å². The molecule has 1 N–H and O–H groups in total. The van der Waals surface area contributed by atoms with Crippen LogP contribution in [0.2, 0.25) is 0 Å². The monoisotopic (exact) mass is 192 g/mol. The topological polar surface area (TPSA) is 49.4 Å². The molecule has 1 fully saturated rings. The summed E-state index contributed by atoms with van der Waals surface area (Å²) in [6.45, 7) is 1.03. The van der Waals surface area contributed by atoms with E-state index in [0.717, 1.165) is 4.90 Å². The molecule has 1 rings (SSSR count). The van der Waals surface area contributed by atoms with Crippen LogP contribution in [-0.4, -0.2) is 36.4 Å². The molecule has 1 aliphatic rings. The lowest BCUT2D eigenvalue weighted by molar-refractivity contribution is -0.125. The Morgan fingerprint density at radius 2 is 2.23 bits per heavy atom. The minimum absolute atomic E-state index is 0.0645. The Balaban J connectivity index is 2.56. The maximum absolute atomic E-state index is 11.9. The highest BCUT2D eigenvalue weighted by atomic mass is 19.3. The van der Waals surface area contributed by atoms with E-state index >= 15 is 0 Å². The van der Waals surface area contributed by atoms with Gasteiger partial charge in [-0.05, 0) is 0 Å². The molecule has 0 radical (unpaired) electrons. The minimum atomic E-state index is -2.56. The van der Waals surface area contributed by atoms with Crippen molar-refractivity contribution in [2.45, 2.75) is 13.3 Å². The summed E-state index contributed by atoms with van der Waals surface area (Å²) in [7, 11) is 0. The molecule has 74 valence electrons. The van der Waals surface area contributed by atoms with Crippen LogP contribution in [0, 0.1) is 5.92 Å². The second kappa shape index (κ2) is 3.68. The fourth-order valence-corrected chi connectivity index (χ4v) is 1.13. The summed E-state index contributed by atoms with van der Waals surface area (Å²) in [5.74, 6) is -0.827. The summed E-state index contributed by atoms with van der Waals surface area (Å²) in [6, 6.07) is -0.733. The van der Waals surface area contributed by atoms with Crippen LogP contribution in [0.4, 0.5) is 13.6 Å². The van der Waals surface area contributed by atoms with Crippen LogP contribution in [0.25, 0.3) is 0 Å². The predicted molar refractivity (Wildman–Crippen MR) is 40.3 cm³/mol. The molecular weight excluding hydrogens is 182 g/mol. The number of hydrogen-bond acceptors (Lipinski definition) is 2. The molecule has 1 atom stereocenters. The van der Waals surface area contributed by atoms with Gasteiger partial charge in [-0.25, -0.2) is 13.6 Å². The first-order valence-corrected chi connectivity index (χ1v) is 3.88. The number of urea groups is 1. The molecule has 6 heteroatoms. The number of amides is 3. The van der Waals surface area contributed by atoms with Gasteiger partial charge in [-0.3, -0.25) is 10.1 Å². The highest BCUT2D eigenvalue weighted by Gasteiger charge is 2.30. The van der Waals surface area contributed by atoms with Gasteiger partial charge in [-0.1, -0.05) is 6.92 Å². The average Bonchev–Trinajstić information content (AvgIpc) is 1.99. The molecule has 0 saturated carbocycles. The molecule has 13 heavy (non-hydrogen) atoms. The molecule has 0 aromatic heterocycles. The molecule has 0 aromatic carbocycles. The molecule has 0 bridgehead atoms. The predicted octanol–water partition coefficient (Wildman–Crippen LogP) is 0.439. The second-order valence-electron chi connectivity index (χ2n) is 2.99. The van der Waals surface area contributed by atoms with Crippen molar-refractivity contribution in [3.8, 4) is 0 Å². The van der Waals surface area contributed by atoms with Gasteiger partial charge in [-0.2, -0.15) is 0 Å². The fourth-order valence-electron chi connectivity index (χ4n) is 1.13. The van der Waals surface area contributed by atoms with Gasteiger partial charge < -0.3 is 4.90 Å². The van der Waals surface area contributed by atoms with Crippen LogP contribution in [0.5, 0.6) is 0 Å². The highest BCUT2D eigenvalue weighted by molar-refractivity contribution is 5.97. The van der Waals surface area contributed by atoms with Gasteiger partial charge in [0.05, 0.1) is 12.5 Å². The third kappa shape index (κ3) is 2.37. The first-order chi connectivity index (χ1) is 6.00. The van der Waals surface area contributed by atoms with Gasteiger partial charge >= 0.3 is 6.03 Å². The number of nitrogens with one attached hydrogen (secondary N) is 1. The van der Waals surface area contributed by atoms with E-state index in [1.807, 2.05) is 5.32 Å². The van der Waals surface area contributed by atoms with E-state index in [4.69, 9.17) is 0 Å². The SMILES string of the molecule is CC1CN(CC(F)F)C(=O)NC1=O. The average molecular weight is 192 g/mol. The number of carbonyl (C=O) groups is 2. The molecule has 0 spiro atoms. The number of imide groups is 1. The number of halogens is 2. The summed E-state index contributed by atoms with van der Waals surface area (Å²) in [5.41, 5.74) is 0. The Morgan fingerprint density at radius 1 is 1.62 bits per heavy atom. The largest absolute Gasteiger partial charge is 0.324 e. The Labute approximate surface area is 73.9 Å². The normalized spacial score (nSPS) is 23.7. The lowest BCUT2D eigenvalue weighted by atomic mass is 10.1. The number of carbonyl (C=O) groups excluding carboxylic acids is 2. The van der Waals surface area contributed by atoms with E-state index in [1.54, 1.807) is 6.92 Å². The van der Waals surface area contributed by atoms with Gasteiger partial charge in [0.25, 0.3) is 6.43 Å². The van der Waals surface area contributed by atoms with E-state index in [-0.39, 0.29) is 6.54 Å². The zero-order valence-electron chi connectivity index (χ0n) is 7.09. The van der Waals surface area contributed by atoms with Crippen molar-refractivity contribution in [3.05, 3.63) is 0 Å². The Bertz CT molecular complexity index is 233. The molecule has 0 aliphatic carbocycles. The van der Waals surface area contributed by atoms with Gasteiger partial charge in [0.2, 0.25) is 5.91 Å². The van der Waals surface area contributed by atoms with E-state index in [2.05, 4.69) is 0 Å². The molecule has 1 unspecified atom stereocenters. The highest BCUT2D eigenvalue weighted by Crippen LogP contribution is 2.09. The Hall–Kier alpha value is -1.20. The van der Waals surface area contributed by atoms with Crippen molar-refractivity contribution in [2.75, 3.05) is 13.1 Å². The molecule has 1 aliphatic heterocycles. The standard InChI is InChI=1S/C7H10F2N2O2/c1-4-2-11(3-5(8)9)7(13)10-6(4)12/h4-5H,2-3H2,1H3,(H,10,12,13). The number of hydrogen-bond donors (Lipinski definition) is 1. The maximum atomic E-state index is 11.9. The second-order valence-corrected chi connectivity index (χ2v) is 2.99. The van der Waals surface area contributed by atoms with Crippen molar-refractivity contribution in [1.29, 1.82) is 0 Å². The number of nitrogens with zero attached hydrogens (tertiary/aromatic N) is 1. The maximum Gasteiger partial charge on any atom is 0.324 e. The summed E-state index contributed by atoms with van der Waals surface area (Å²) >= 11 is 0. The summed E-state index contributed by atoms with van der Waals surface area (Å²) in [6.07, 6.45) is -2.56. The van der Waals surface area contributed by atoms with Gasteiger partial charge in [0, 0.05) is 6.54 Å². The Morgan fingerprint density at radius 3 is 2.77 bits per heavy atom. The summed E-state index contributed by atoms with van der Waals surface area (Å²) in [4.78, 5) is 22.8. The number of alkyl halides is 2. The molecule has 1 saturated heterocycles. The summed E-state index contributed by atoms with van der Waals surface area (Å²) < 4.78 is 23.8. The first-order valence-electron chi connectivity index (χ1n) is 3.88. The van der Waals surface area contributed by atoms with Gasteiger partial charge in [0.15, 0.2) is 0 Å². The van der Waals surface area contributed by atoms with Crippen LogP contribution in [-0.2, 0) is 4.79 Å². The van der Waals surface area contributed by atoms with Crippen molar-refractivity contribution in [3.63, 3.8) is 0 Å². The van der Waals surface area contributed by atoms with E-state index in [0.29, 0.717) is 0 Å². The molecule has 1 heterocycles. The summed E-state index contributed by atoms with van der Waals surface area (Å²) in [5, 5.41) is 2.00. The third-order valence-electron chi connectivity index (χ3n) is 1.82. The quantitative estimate of drug-likeness (QED) is 0.690. The van der Waals surface area contributed by atoms with Crippen molar-refractivity contribution in [2.24, 2.45) is 5.92 Å². The molecule has 3 amide bonds. The Kier molecular flexibility index (Phi) is 2.79. The molecular formula is C7H10F2N2O2. The lowest BCUT2D eigenvalue weighted by Crippen LogP contribution is -2.54. The smallest absolute Gasteiger partial charge is 0.318 e. The van der Waals surface area contributed by atoms with Crippen LogP contribution < -0.4 is 5.32 Å². The van der Waals surface area contributed by atoms with Crippen molar-refractivity contribution >= 4 is 11.9 Å². The minimum Gasteiger partial charge on any atom is -0.318 e. The van der Waals surface area contributed by atoms with Crippen LogP contribution in [0.15, 0.2) is 0 Å². The van der Waals surface area contributed by atoms with Crippen molar-refractivity contribution < 1.29 is 18.4 Å². The van der Waals surface area contributed by atoms with Crippen molar-refractivity contribution in [1.82, 2.24) is 10.2 Å². The lowest BCUT2D eigenvalue weighted by Gasteiger charge is -2.29. The van der Waals surface area contributed by atoms with Crippen LogP contribution in [0.3, 0.4) is 0 Å². The fraction of sp³-hybridized carbons (Fsp3) is 0.714. The first kappa shape index (κ1) is 9.88. The van der Waals surface area contributed by atoms with E-state index in [9.17, 15) is 18.4 Å². The van der Waals surface area contributed by atoms with E-state index < -0.39 is 30.8 Å². The number of rotatable bonds is 2. The van der Waals surface area contributed by atoms with Crippen LogP contribution >= 0.6 is 0 Å². The third-order valence-corrected chi connectivity index (χ3v) is 1.82. The molecule has 0 aromatic rings. The zero-order valence-corrected chi connectivity index (χ0v) is 7.09. The zero-order chi connectivity index (χ0) is 10.0. The van der Waals surface area contributed by atoms with E-state index in [1.165, 1.54) is 0 Å².